The normalized spacial score (nSPS) is 14.2. The summed E-state index contributed by atoms with van der Waals surface area (Å²) in [6.07, 6.45) is 2.82. The predicted molar refractivity (Wildman–Crippen MR) is 77.4 cm³/mol. The topological polar surface area (TPSA) is 105 Å². The van der Waals surface area contributed by atoms with Crippen molar-refractivity contribution < 1.29 is 5.11 Å². The molecule has 21 heavy (non-hydrogen) atoms. The summed E-state index contributed by atoms with van der Waals surface area (Å²) in [5.41, 5.74) is -0.934. The van der Waals surface area contributed by atoms with Gasteiger partial charge in [0.1, 0.15) is 12.7 Å². The molecule has 2 heterocycles. The Labute approximate surface area is 127 Å². The third-order valence-electron chi connectivity index (χ3n) is 2.50. The Morgan fingerprint density at radius 2 is 2.14 bits per heavy atom. The molecule has 114 valence electrons. The minimum absolute atomic E-state index is 0.0326. The van der Waals surface area contributed by atoms with Crippen LogP contribution < -0.4 is 5.32 Å². The standard InChI is InChI=1S/C11H17ClN8O/c1-11(21,5-19(2)3)4-14-9-16-8(12)17-10(18-9)20-7-13-6-15-20/h6-7,21H,4-5H2,1-3H3,(H,14,16,17,18). The molecule has 0 bridgehead atoms. The average molecular weight is 313 g/mol. The quantitative estimate of drug-likeness (QED) is 0.757. The molecule has 2 aromatic rings. The zero-order valence-electron chi connectivity index (χ0n) is 12.0. The summed E-state index contributed by atoms with van der Waals surface area (Å²) in [6, 6.07) is 0. The van der Waals surface area contributed by atoms with Crippen molar-refractivity contribution in [2.24, 2.45) is 0 Å². The van der Waals surface area contributed by atoms with E-state index in [1.165, 1.54) is 17.3 Å². The maximum atomic E-state index is 10.2. The first-order valence-corrected chi connectivity index (χ1v) is 6.61. The van der Waals surface area contributed by atoms with Crippen LogP contribution in [0.25, 0.3) is 5.95 Å². The highest BCUT2D eigenvalue weighted by molar-refractivity contribution is 6.28. The van der Waals surface area contributed by atoms with Crippen molar-refractivity contribution in [2.45, 2.75) is 12.5 Å². The molecule has 2 rings (SSSR count). The monoisotopic (exact) mass is 312 g/mol. The van der Waals surface area contributed by atoms with Crippen molar-refractivity contribution in [3.63, 3.8) is 0 Å². The van der Waals surface area contributed by atoms with E-state index in [1.807, 2.05) is 19.0 Å². The first-order chi connectivity index (χ1) is 9.85. The molecule has 0 radical (unpaired) electrons. The van der Waals surface area contributed by atoms with Gasteiger partial charge in [-0.05, 0) is 32.6 Å². The number of nitrogens with one attached hydrogen (secondary N) is 1. The number of halogens is 1. The summed E-state index contributed by atoms with van der Waals surface area (Å²) in [4.78, 5) is 17.8. The molecule has 2 aromatic heterocycles. The van der Waals surface area contributed by atoms with Crippen LogP contribution in [-0.4, -0.2) is 72.5 Å². The summed E-state index contributed by atoms with van der Waals surface area (Å²) in [6.45, 7) is 2.48. The van der Waals surface area contributed by atoms with Gasteiger partial charge in [-0.15, -0.1) is 0 Å². The van der Waals surface area contributed by atoms with Crippen LogP contribution in [0.15, 0.2) is 12.7 Å². The molecular weight excluding hydrogens is 296 g/mol. The van der Waals surface area contributed by atoms with E-state index in [9.17, 15) is 5.11 Å². The molecular formula is C11H17ClN8O. The number of hydrogen-bond acceptors (Lipinski definition) is 8. The molecule has 0 spiro atoms. The lowest BCUT2D eigenvalue weighted by Gasteiger charge is -2.27. The van der Waals surface area contributed by atoms with E-state index in [-0.39, 0.29) is 23.7 Å². The van der Waals surface area contributed by atoms with E-state index in [1.54, 1.807) is 6.92 Å². The van der Waals surface area contributed by atoms with Crippen molar-refractivity contribution >= 4 is 17.5 Å². The van der Waals surface area contributed by atoms with Gasteiger partial charge < -0.3 is 15.3 Å². The SMILES string of the molecule is CN(C)CC(C)(O)CNc1nc(Cl)nc(-n2cncn2)n1. The van der Waals surface area contributed by atoms with E-state index in [0.717, 1.165) is 0 Å². The van der Waals surface area contributed by atoms with Crippen LogP contribution in [-0.2, 0) is 0 Å². The zero-order chi connectivity index (χ0) is 15.5. The fraction of sp³-hybridized carbons (Fsp3) is 0.545. The lowest BCUT2D eigenvalue weighted by molar-refractivity contribution is 0.0458. The molecule has 2 N–H and O–H groups in total. The van der Waals surface area contributed by atoms with Crippen LogP contribution in [0.1, 0.15) is 6.92 Å². The molecule has 0 aliphatic rings. The highest BCUT2D eigenvalue weighted by Gasteiger charge is 2.21. The molecule has 0 saturated carbocycles. The Kier molecular flexibility index (Phi) is 4.66. The molecule has 0 aliphatic carbocycles. The van der Waals surface area contributed by atoms with E-state index >= 15 is 0 Å². The third kappa shape index (κ3) is 4.59. The van der Waals surface area contributed by atoms with Crippen LogP contribution in [0.5, 0.6) is 0 Å². The summed E-state index contributed by atoms with van der Waals surface area (Å²) in [7, 11) is 3.77. The van der Waals surface area contributed by atoms with Gasteiger partial charge in [0.2, 0.25) is 11.2 Å². The van der Waals surface area contributed by atoms with Gasteiger partial charge in [0.05, 0.1) is 5.60 Å². The second-order valence-corrected chi connectivity index (χ2v) is 5.49. The van der Waals surface area contributed by atoms with Crippen molar-refractivity contribution in [3.05, 3.63) is 17.9 Å². The number of anilines is 1. The predicted octanol–water partition coefficient (Wildman–Crippen LogP) is -0.170. The van der Waals surface area contributed by atoms with Crippen molar-refractivity contribution in [1.82, 2.24) is 34.6 Å². The Morgan fingerprint density at radius 1 is 1.38 bits per heavy atom. The van der Waals surface area contributed by atoms with E-state index in [0.29, 0.717) is 6.54 Å². The number of rotatable bonds is 6. The Hall–Kier alpha value is -1.84. The van der Waals surface area contributed by atoms with E-state index < -0.39 is 5.60 Å². The van der Waals surface area contributed by atoms with Crippen LogP contribution in [0.3, 0.4) is 0 Å². The molecule has 9 nitrogen and oxygen atoms in total. The summed E-state index contributed by atoms with van der Waals surface area (Å²) >= 11 is 5.87. The minimum atomic E-state index is -0.934. The number of nitrogens with zero attached hydrogens (tertiary/aromatic N) is 7. The van der Waals surface area contributed by atoms with Gasteiger partial charge in [-0.1, -0.05) is 0 Å². The molecule has 1 unspecified atom stereocenters. The number of hydrogen-bond donors (Lipinski definition) is 2. The van der Waals surface area contributed by atoms with Crippen LogP contribution >= 0.6 is 11.6 Å². The molecule has 0 amide bonds. The molecule has 0 fully saturated rings. The molecule has 0 aromatic carbocycles. The number of aliphatic hydroxyl groups is 1. The lowest BCUT2D eigenvalue weighted by atomic mass is 10.1. The Balaban J connectivity index is 2.10. The van der Waals surface area contributed by atoms with Crippen LogP contribution in [0.2, 0.25) is 5.28 Å². The molecule has 10 heteroatoms. The van der Waals surface area contributed by atoms with Crippen LogP contribution in [0.4, 0.5) is 5.95 Å². The van der Waals surface area contributed by atoms with Crippen molar-refractivity contribution in [3.8, 4) is 5.95 Å². The van der Waals surface area contributed by atoms with Gasteiger partial charge in [-0.2, -0.15) is 24.7 Å². The highest BCUT2D eigenvalue weighted by atomic mass is 35.5. The molecule has 1 atom stereocenters. The fourth-order valence-corrected chi connectivity index (χ4v) is 1.99. The van der Waals surface area contributed by atoms with Gasteiger partial charge in [0, 0.05) is 13.1 Å². The Morgan fingerprint density at radius 3 is 2.76 bits per heavy atom. The molecule has 0 aliphatic heterocycles. The first-order valence-electron chi connectivity index (χ1n) is 6.23. The third-order valence-corrected chi connectivity index (χ3v) is 2.67. The lowest BCUT2D eigenvalue weighted by Crippen LogP contribution is -2.43. The van der Waals surface area contributed by atoms with Crippen LogP contribution in [0, 0.1) is 0 Å². The summed E-state index contributed by atoms with van der Waals surface area (Å²) in [5, 5.41) is 17.1. The average Bonchev–Trinajstić information content (AvgIpc) is 2.88. The van der Waals surface area contributed by atoms with Gasteiger partial charge >= 0.3 is 0 Å². The van der Waals surface area contributed by atoms with Gasteiger partial charge in [0.25, 0.3) is 5.95 Å². The molecule has 0 saturated heterocycles. The number of aromatic nitrogens is 6. The van der Waals surface area contributed by atoms with Crippen molar-refractivity contribution in [2.75, 3.05) is 32.5 Å². The smallest absolute Gasteiger partial charge is 0.258 e. The first kappa shape index (κ1) is 15.5. The van der Waals surface area contributed by atoms with Gasteiger partial charge in [-0.25, -0.2) is 4.98 Å². The second-order valence-electron chi connectivity index (χ2n) is 5.16. The van der Waals surface area contributed by atoms with E-state index in [2.05, 4.69) is 30.4 Å². The summed E-state index contributed by atoms with van der Waals surface area (Å²) < 4.78 is 1.37. The zero-order valence-corrected chi connectivity index (χ0v) is 12.8. The van der Waals surface area contributed by atoms with E-state index in [4.69, 9.17) is 11.6 Å². The second kappa shape index (κ2) is 6.29. The van der Waals surface area contributed by atoms with Gasteiger partial charge in [-0.3, -0.25) is 0 Å². The highest BCUT2D eigenvalue weighted by Crippen LogP contribution is 2.11. The fourth-order valence-electron chi connectivity index (χ4n) is 1.84. The Bertz CT molecular complexity index is 586. The van der Waals surface area contributed by atoms with Crippen molar-refractivity contribution in [1.29, 1.82) is 0 Å². The van der Waals surface area contributed by atoms with Gasteiger partial charge in [0.15, 0.2) is 0 Å². The minimum Gasteiger partial charge on any atom is -0.387 e. The largest absolute Gasteiger partial charge is 0.387 e. The number of likely N-dealkylation sites (N-methyl/N-ethyl adjacent to an activating group) is 1. The maximum absolute atomic E-state index is 10.2. The summed E-state index contributed by atoms with van der Waals surface area (Å²) in [5.74, 6) is 0.516. The maximum Gasteiger partial charge on any atom is 0.258 e.